The van der Waals surface area contributed by atoms with Gasteiger partial charge in [0.15, 0.2) is 5.78 Å². The van der Waals surface area contributed by atoms with Gasteiger partial charge in [0.25, 0.3) is 5.91 Å². The van der Waals surface area contributed by atoms with Gasteiger partial charge in [0.05, 0.1) is 0 Å². The number of amides is 1. The van der Waals surface area contributed by atoms with Crippen LogP contribution in [-0.2, 0) is 9.59 Å². The Balaban J connectivity index is 1.54. The number of ketones is 1. The molecular weight excluding hydrogens is 437 g/mol. The highest BCUT2D eigenvalue weighted by atomic mass is 32.1. The average Bonchev–Trinajstić information content (AvgIpc) is 3.35. The van der Waals surface area contributed by atoms with Gasteiger partial charge < -0.3 is 10.6 Å². The molecule has 1 amide bonds. The molecule has 5 rings (SSSR count). The van der Waals surface area contributed by atoms with Crippen molar-refractivity contribution in [3.05, 3.63) is 105 Å². The predicted molar refractivity (Wildman–Crippen MR) is 126 cm³/mol. The number of carbonyl (C=O) groups excluding carboxylic acids is 2. The number of dihydropyridines is 1. The zero-order chi connectivity index (χ0) is 22.9. The van der Waals surface area contributed by atoms with E-state index in [0.717, 1.165) is 11.3 Å². The number of nitrogens with one attached hydrogen (secondary N) is 2. The highest BCUT2D eigenvalue weighted by molar-refractivity contribution is 7.10. The molecule has 2 aromatic heterocycles. The maximum absolute atomic E-state index is 13.5. The largest absolute Gasteiger partial charge is 0.362 e. The Bertz CT molecular complexity index is 1260. The number of benzene rings is 1. The average molecular weight is 460 g/mol. The van der Waals surface area contributed by atoms with Crippen LogP contribution in [-0.4, -0.2) is 16.7 Å². The van der Waals surface area contributed by atoms with Gasteiger partial charge in [-0.2, -0.15) is 0 Å². The van der Waals surface area contributed by atoms with Crippen LogP contribution in [0.15, 0.2) is 88.8 Å². The molecule has 1 aliphatic carbocycles. The van der Waals surface area contributed by atoms with Crippen LogP contribution in [0.4, 0.5) is 10.1 Å². The zero-order valence-electron chi connectivity index (χ0n) is 18.0. The molecule has 0 saturated carbocycles. The van der Waals surface area contributed by atoms with E-state index in [1.807, 2.05) is 30.5 Å². The molecule has 33 heavy (non-hydrogen) atoms. The fourth-order valence-corrected chi connectivity index (χ4v) is 5.51. The third-order valence-electron chi connectivity index (χ3n) is 6.14. The van der Waals surface area contributed by atoms with Crippen molar-refractivity contribution in [3.63, 3.8) is 0 Å². The van der Waals surface area contributed by atoms with Gasteiger partial charge in [-0.25, -0.2) is 4.39 Å². The number of hydrogen-bond acceptors (Lipinski definition) is 5. The standard InChI is InChI=1S/C26H22FN3O2S/c1-15-23(26(32)30-19-8-6-18(27)7-9-19)24(16-4-2-10-28-14-16)25-20(29-15)12-17(13-21(25)31)22-5-3-11-33-22/h2-11,14,17,24,29H,12-13H2,1H3,(H,30,32)/t17-,24-/m0/s1. The maximum atomic E-state index is 13.5. The molecule has 0 saturated heterocycles. The summed E-state index contributed by atoms with van der Waals surface area (Å²) in [7, 11) is 0. The number of rotatable bonds is 4. The first-order valence-electron chi connectivity index (χ1n) is 10.8. The van der Waals surface area contributed by atoms with Gasteiger partial charge in [0, 0.05) is 63.8 Å². The molecule has 5 nitrogen and oxygen atoms in total. The highest BCUT2D eigenvalue weighted by Crippen LogP contribution is 2.46. The number of carbonyl (C=O) groups is 2. The Morgan fingerprint density at radius 2 is 1.97 bits per heavy atom. The summed E-state index contributed by atoms with van der Waals surface area (Å²) in [5.74, 6) is -1.07. The summed E-state index contributed by atoms with van der Waals surface area (Å²) in [6, 6.07) is 13.4. The molecule has 7 heteroatoms. The van der Waals surface area contributed by atoms with Crippen LogP contribution in [0.1, 0.15) is 42.0 Å². The van der Waals surface area contributed by atoms with Gasteiger partial charge in [-0.15, -0.1) is 11.3 Å². The van der Waals surface area contributed by atoms with Crippen molar-refractivity contribution in [1.82, 2.24) is 10.3 Å². The lowest BCUT2D eigenvalue weighted by Gasteiger charge is -2.36. The topological polar surface area (TPSA) is 71.1 Å². The van der Waals surface area contributed by atoms with E-state index in [1.165, 1.54) is 29.1 Å². The first-order chi connectivity index (χ1) is 16.0. The minimum absolute atomic E-state index is 0.0376. The number of anilines is 1. The summed E-state index contributed by atoms with van der Waals surface area (Å²) in [6.07, 6.45) is 4.49. The van der Waals surface area contributed by atoms with E-state index in [4.69, 9.17) is 0 Å². The summed E-state index contributed by atoms with van der Waals surface area (Å²) < 4.78 is 13.3. The Labute approximate surface area is 195 Å². The van der Waals surface area contributed by atoms with E-state index >= 15 is 0 Å². The molecule has 0 fully saturated rings. The molecule has 2 atom stereocenters. The second kappa shape index (κ2) is 8.75. The number of pyridine rings is 1. The van der Waals surface area contributed by atoms with Crippen molar-refractivity contribution >= 4 is 28.7 Å². The molecule has 1 aromatic carbocycles. The summed E-state index contributed by atoms with van der Waals surface area (Å²) in [5.41, 5.74) is 3.94. The van der Waals surface area contributed by atoms with Gasteiger partial charge >= 0.3 is 0 Å². The molecule has 1 aliphatic heterocycles. The second-order valence-electron chi connectivity index (χ2n) is 8.28. The molecule has 0 unspecified atom stereocenters. The Morgan fingerprint density at radius 3 is 2.67 bits per heavy atom. The van der Waals surface area contributed by atoms with Crippen LogP contribution in [0.5, 0.6) is 0 Å². The van der Waals surface area contributed by atoms with Crippen LogP contribution < -0.4 is 10.6 Å². The van der Waals surface area contributed by atoms with Crippen molar-refractivity contribution < 1.29 is 14.0 Å². The smallest absolute Gasteiger partial charge is 0.254 e. The van der Waals surface area contributed by atoms with Crippen molar-refractivity contribution in [2.75, 3.05) is 5.32 Å². The summed E-state index contributed by atoms with van der Waals surface area (Å²) >= 11 is 1.66. The van der Waals surface area contributed by atoms with E-state index in [0.29, 0.717) is 35.4 Å². The van der Waals surface area contributed by atoms with Crippen LogP contribution in [0, 0.1) is 5.82 Å². The molecule has 2 aliphatic rings. The van der Waals surface area contributed by atoms with E-state index in [1.54, 1.807) is 23.7 Å². The van der Waals surface area contributed by atoms with Crippen LogP contribution in [0.25, 0.3) is 0 Å². The fraction of sp³-hybridized carbons (Fsp3) is 0.192. The first-order valence-corrected chi connectivity index (χ1v) is 11.6. The van der Waals surface area contributed by atoms with E-state index in [9.17, 15) is 14.0 Å². The summed E-state index contributed by atoms with van der Waals surface area (Å²) in [4.78, 5) is 32.3. The lowest BCUT2D eigenvalue weighted by molar-refractivity contribution is -0.116. The maximum Gasteiger partial charge on any atom is 0.254 e. The van der Waals surface area contributed by atoms with Gasteiger partial charge in [-0.3, -0.25) is 14.6 Å². The molecule has 3 aromatic rings. The lowest BCUT2D eigenvalue weighted by Crippen LogP contribution is -2.37. The lowest BCUT2D eigenvalue weighted by atomic mass is 9.73. The third-order valence-corrected chi connectivity index (χ3v) is 7.17. The number of Topliss-reactive ketones (excluding diaryl/α,β-unsaturated/α-hetero) is 1. The monoisotopic (exact) mass is 459 g/mol. The van der Waals surface area contributed by atoms with Crippen LogP contribution in [0.3, 0.4) is 0 Å². The first kappa shape index (κ1) is 21.3. The molecule has 0 radical (unpaired) electrons. The van der Waals surface area contributed by atoms with Crippen LogP contribution >= 0.6 is 11.3 Å². The highest BCUT2D eigenvalue weighted by Gasteiger charge is 2.41. The summed E-state index contributed by atoms with van der Waals surface area (Å²) in [5, 5.41) is 8.25. The van der Waals surface area contributed by atoms with E-state index in [2.05, 4.69) is 21.7 Å². The fourth-order valence-electron chi connectivity index (χ4n) is 4.68. The Morgan fingerprint density at radius 1 is 1.15 bits per heavy atom. The molecule has 0 bridgehead atoms. The van der Waals surface area contributed by atoms with Crippen molar-refractivity contribution in [1.29, 1.82) is 0 Å². The second-order valence-corrected chi connectivity index (χ2v) is 9.26. The number of thiophene rings is 1. The number of hydrogen-bond donors (Lipinski definition) is 2. The number of nitrogens with zero attached hydrogens (tertiary/aromatic N) is 1. The number of allylic oxidation sites excluding steroid dienone is 3. The third kappa shape index (κ3) is 4.12. The van der Waals surface area contributed by atoms with Gasteiger partial charge in [0.1, 0.15) is 5.82 Å². The Hall–Kier alpha value is -3.58. The quantitative estimate of drug-likeness (QED) is 0.557. The number of halogens is 1. The van der Waals surface area contributed by atoms with E-state index in [-0.39, 0.29) is 23.4 Å². The van der Waals surface area contributed by atoms with Crippen molar-refractivity contribution in [2.45, 2.75) is 31.6 Å². The van der Waals surface area contributed by atoms with E-state index < -0.39 is 5.92 Å². The molecule has 2 N–H and O–H groups in total. The predicted octanol–water partition coefficient (Wildman–Crippen LogP) is 5.28. The van der Waals surface area contributed by atoms with Gasteiger partial charge in [-0.1, -0.05) is 12.1 Å². The normalized spacial score (nSPS) is 20.4. The molecular formula is C26H22FN3O2S. The molecule has 0 spiro atoms. The Kier molecular flexibility index (Phi) is 5.64. The minimum atomic E-state index is -0.521. The van der Waals surface area contributed by atoms with Gasteiger partial charge in [-0.05, 0) is 60.7 Å². The molecule has 3 heterocycles. The minimum Gasteiger partial charge on any atom is -0.362 e. The zero-order valence-corrected chi connectivity index (χ0v) is 18.8. The SMILES string of the molecule is CC1=C(C(=O)Nc2ccc(F)cc2)[C@H](c2cccnc2)C2=C(C[C@H](c3cccs3)CC2=O)N1. The molecule has 166 valence electrons. The van der Waals surface area contributed by atoms with Crippen molar-refractivity contribution in [3.8, 4) is 0 Å². The summed E-state index contributed by atoms with van der Waals surface area (Å²) in [6.45, 7) is 1.85. The van der Waals surface area contributed by atoms with Gasteiger partial charge in [0.2, 0.25) is 0 Å². The number of aromatic nitrogens is 1. The van der Waals surface area contributed by atoms with Crippen LogP contribution in [0.2, 0.25) is 0 Å². The van der Waals surface area contributed by atoms with Crippen molar-refractivity contribution in [2.24, 2.45) is 0 Å².